The fourth-order valence-corrected chi connectivity index (χ4v) is 2.18. The summed E-state index contributed by atoms with van der Waals surface area (Å²) in [6.45, 7) is 5.60. The molecule has 0 atom stereocenters. The highest BCUT2D eigenvalue weighted by Gasteiger charge is 2.05. The van der Waals surface area contributed by atoms with Crippen LogP contribution in [0.3, 0.4) is 0 Å². The first-order chi connectivity index (χ1) is 10.5. The fourth-order valence-electron chi connectivity index (χ4n) is 2.06. The van der Waals surface area contributed by atoms with Gasteiger partial charge in [-0.25, -0.2) is 8.78 Å². The van der Waals surface area contributed by atoms with Crippen molar-refractivity contribution in [3.8, 4) is 0 Å². The van der Waals surface area contributed by atoms with Crippen molar-refractivity contribution in [2.24, 2.45) is 0 Å². The maximum Gasteiger partial charge on any atom is 0.142 e. The highest BCUT2D eigenvalue weighted by Crippen LogP contribution is 2.25. The minimum Gasteiger partial charge on any atom is -0.207 e. The number of allylic oxidation sites excluding steroid dienone is 5. The van der Waals surface area contributed by atoms with Gasteiger partial charge in [0.2, 0.25) is 0 Å². The first-order valence-corrected chi connectivity index (χ1v) is 7.11. The van der Waals surface area contributed by atoms with Crippen molar-refractivity contribution in [1.82, 2.24) is 0 Å². The van der Waals surface area contributed by atoms with Crippen molar-refractivity contribution >= 4 is 22.7 Å². The van der Waals surface area contributed by atoms with E-state index in [9.17, 15) is 8.78 Å². The van der Waals surface area contributed by atoms with Gasteiger partial charge in [0.1, 0.15) is 11.6 Å². The van der Waals surface area contributed by atoms with Crippen molar-refractivity contribution in [2.45, 2.75) is 6.92 Å². The van der Waals surface area contributed by atoms with Crippen LogP contribution >= 0.6 is 11.6 Å². The molecule has 0 saturated carbocycles. The Labute approximate surface area is 134 Å². The Morgan fingerprint density at radius 3 is 2.27 bits per heavy atom. The zero-order chi connectivity index (χ0) is 16.1. The topological polar surface area (TPSA) is 0 Å². The molecule has 112 valence electrons. The van der Waals surface area contributed by atoms with E-state index in [0.29, 0.717) is 5.56 Å². The fraction of sp³-hybridized carbons (Fsp3) is 0.0526. The Morgan fingerprint density at radius 2 is 1.68 bits per heavy atom. The lowest BCUT2D eigenvalue weighted by Gasteiger charge is -2.07. The molecule has 0 aliphatic heterocycles. The zero-order valence-electron chi connectivity index (χ0n) is 12.1. The summed E-state index contributed by atoms with van der Waals surface area (Å²) in [5.74, 6) is -0.750. The highest BCUT2D eigenvalue weighted by atomic mass is 35.5. The Morgan fingerprint density at radius 1 is 1.05 bits per heavy atom. The molecule has 0 aliphatic rings. The Kier molecular flexibility index (Phi) is 5.29. The van der Waals surface area contributed by atoms with E-state index in [2.05, 4.69) is 6.58 Å². The Hall–Kier alpha value is -2.19. The Bertz CT molecular complexity index is 741. The van der Waals surface area contributed by atoms with Gasteiger partial charge in [0.15, 0.2) is 0 Å². The first kappa shape index (κ1) is 16.2. The quantitative estimate of drug-likeness (QED) is 0.581. The lowest BCUT2D eigenvalue weighted by molar-refractivity contribution is 0.627. The van der Waals surface area contributed by atoms with Gasteiger partial charge in [-0.15, -0.1) is 0 Å². The third-order valence-corrected chi connectivity index (χ3v) is 3.53. The molecule has 0 heterocycles. The molecule has 2 rings (SSSR count). The van der Waals surface area contributed by atoms with Crippen LogP contribution in [0.4, 0.5) is 8.78 Å². The normalized spacial score (nSPS) is 12.4. The minimum atomic E-state index is -0.470. The van der Waals surface area contributed by atoms with Crippen LogP contribution in [0, 0.1) is 11.6 Å². The predicted molar refractivity (Wildman–Crippen MR) is 89.6 cm³/mol. The molecule has 22 heavy (non-hydrogen) atoms. The summed E-state index contributed by atoms with van der Waals surface area (Å²) < 4.78 is 26.6. The molecule has 0 aromatic heterocycles. The molecular weight excluding hydrogens is 302 g/mol. The average molecular weight is 317 g/mol. The van der Waals surface area contributed by atoms with Crippen LogP contribution in [0.2, 0.25) is 5.02 Å². The summed E-state index contributed by atoms with van der Waals surface area (Å²) in [6, 6.07) is 10.9. The molecule has 0 N–H and O–H groups in total. The third-order valence-electron chi connectivity index (χ3n) is 3.22. The van der Waals surface area contributed by atoms with Crippen LogP contribution in [0.15, 0.2) is 67.3 Å². The van der Waals surface area contributed by atoms with Gasteiger partial charge >= 0.3 is 0 Å². The van der Waals surface area contributed by atoms with Gasteiger partial charge in [-0.2, -0.15) is 0 Å². The molecule has 2 aromatic rings. The van der Waals surface area contributed by atoms with Crippen molar-refractivity contribution in [2.75, 3.05) is 0 Å². The van der Waals surface area contributed by atoms with Gasteiger partial charge < -0.3 is 0 Å². The molecule has 0 saturated heterocycles. The number of halogens is 3. The van der Waals surface area contributed by atoms with Gasteiger partial charge in [-0.3, -0.25) is 0 Å². The van der Waals surface area contributed by atoms with Gasteiger partial charge in [-0.1, -0.05) is 54.6 Å². The van der Waals surface area contributed by atoms with Crippen LogP contribution in [0.5, 0.6) is 0 Å². The van der Waals surface area contributed by atoms with Crippen LogP contribution < -0.4 is 0 Å². The van der Waals surface area contributed by atoms with Crippen LogP contribution in [0.25, 0.3) is 11.1 Å². The largest absolute Gasteiger partial charge is 0.207 e. The predicted octanol–water partition coefficient (Wildman–Crippen LogP) is 6.29. The van der Waals surface area contributed by atoms with E-state index >= 15 is 0 Å². The second kappa shape index (κ2) is 7.19. The van der Waals surface area contributed by atoms with E-state index in [1.165, 1.54) is 24.3 Å². The molecule has 0 radical (unpaired) electrons. The summed E-state index contributed by atoms with van der Waals surface area (Å²) in [7, 11) is 0. The standard InChI is InChI=1S/C19H15ClF2/c1-3-4-15(16-7-10-18(20)19(22)12-16)11-13(2)14-5-8-17(21)9-6-14/h3-12H,1H2,2H3/b13-11+,15-4+. The summed E-state index contributed by atoms with van der Waals surface area (Å²) in [5, 5.41) is 0.0842. The minimum absolute atomic E-state index is 0.0842. The third kappa shape index (κ3) is 3.92. The molecule has 0 fully saturated rings. The SMILES string of the molecule is C=C/C=C(\C=C(/C)c1ccc(F)cc1)c1ccc(Cl)c(F)c1. The first-order valence-electron chi connectivity index (χ1n) is 6.73. The zero-order valence-corrected chi connectivity index (χ0v) is 12.9. The molecule has 0 bridgehead atoms. The second-order valence-electron chi connectivity index (χ2n) is 4.82. The molecule has 0 unspecified atom stereocenters. The van der Waals surface area contributed by atoms with E-state index in [-0.39, 0.29) is 10.8 Å². The maximum absolute atomic E-state index is 13.6. The van der Waals surface area contributed by atoms with E-state index in [0.717, 1.165) is 16.7 Å². The van der Waals surface area contributed by atoms with Crippen LogP contribution in [-0.2, 0) is 0 Å². The number of hydrogen-bond donors (Lipinski definition) is 0. The van der Waals surface area contributed by atoms with Gasteiger partial charge in [0.05, 0.1) is 5.02 Å². The smallest absolute Gasteiger partial charge is 0.142 e. The highest BCUT2D eigenvalue weighted by molar-refractivity contribution is 6.30. The molecule has 0 nitrogen and oxygen atoms in total. The van der Waals surface area contributed by atoms with Crippen LogP contribution in [0.1, 0.15) is 18.1 Å². The van der Waals surface area contributed by atoms with Crippen molar-refractivity contribution < 1.29 is 8.78 Å². The second-order valence-corrected chi connectivity index (χ2v) is 5.23. The molecule has 0 aliphatic carbocycles. The lowest BCUT2D eigenvalue weighted by Crippen LogP contribution is -1.87. The average Bonchev–Trinajstić information content (AvgIpc) is 2.50. The van der Waals surface area contributed by atoms with Gasteiger partial charge in [-0.05, 0) is 53.5 Å². The summed E-state index contributed by atoms with van der Waals surface area (Å²) in [5.41, 5.74) is 3.32. The van der Waals surface area contributed by atoms with E-state index in [1.54, 1.807) is 30.4 Å². The van der Waals surface area contributed by atoms with E-state index in [1.807, 2.05) is 13.0 Å². The van der Waals surface area contributed by atoms with Crippen molar-refractivity contribution in [1.29, 1.82) is 0 Å². The van der Waals surface area contributed by atoms with Crippen molar-refractivity contribution in [3.05, 3.63) is 95.1 Å². The molecule has 2 aromatic carbocycles. The summed E-state index contributed by atoms with van der Waals surface area (Å²) in [6.07, 6.45) is 5.32. The molecular formula is C19H15ClF2. The van der Waals surface area contributed by atoms with Gasteiger partial charge in [0, 0.05) is 0 Å². The summed E-state index contributed by atoms with van der Waals surface area (Å²) in [4.78, 5) is 0. The number of hydrogen-bond acceptors (Lipinski definition) is 0. The van der Waals surface area contributed by atoms with E-state index < -0.39 is 5.82 Å². The van der Waals surface area contributed by atoms with Gasteiger partial charge in [0.25, 0.3) is 0 Å². The maximum atomic E-state index is 13.6. The molecule has 0 amide bonds. The van der Waals surface area contributed by atoms with Crippen molar-refractivity contribution in [3.63, 3.8) is 0 Å². The molecule has 3 heteroatoms. The number of rotatable bonds is 4. The van der Waals surface area contributed by atoms with E-state index in [4.69, 9.17) is 11.6 Å². The van der Waals surface area contributed by atoms with Crippen LogP contribution in [-0.4, -0.2) is 0 Å². The molecule has 0 spiro atoms. The lowest BCUT2D eigenvalue weighted by atomic mass is 9.99. The number of benzene rings is 2. The summed E-state index contributed by atoms with van der Waals surface area (Å²) >= 11 is 5.71. The Balaban J connectivity index is 2.42. The monoisotopic (exact) mass is 316 g/mol.